The van der Waals surface area contributed by atoms with Crippen LogP contribution in [0.1, 0.15) is 101 Å². The highest BCUT2D eigenvalue weighted by atomic mass is 16.5. The van der Waals surface area contributed by atoms with Gasteiger partial charge in [0.25, 0.3) is 0 Å². The van der Waals surface area contributed by atoms with Crippen LogP contribution in [0.5, 0.6) is 11.5 Å². The van der Waals surface area contributed by atoms with Gasteiger partial charge < -0.3 is 4.74 Å². The Morgan fingerprint density at radius 2 is 0.849 bits per heavy atom. The minimum absolute atomic E-state index is 0.354. The lowest BCUT2D eigenvalue weighted by Gasteiger charge is -2.22. The number of nitrogens with zero attached hydrogens (tertiary/aromatic N) is 4. The molecule has 7 aromatic rings. The highest BCUT2D eigenvalue weighted by Gasteiger charge is 2.21. The van der Waals surface area contributed by atoms with Crippen molar-refractivity contribution in [3.8, 4) is 56.8 Å². The van der Waals surface area contributed by atoms with Gasteiger partial charge in [-0.25, -0.2) is 9.97 Å². The number of benzene rings is 5. The summed E-state index contributed by atoms with van der Waals surface area (Å²) in [4.78, 5) is 9.86. The van der Waals surface area contributed by atoms with Gasteiger partial charge in [0.05, 0.1) is 11.4 Å². The van der Waals surface area contributed by atoms with E-state index in [0.717, 1.165) is 45.4 Å². The monoisotopic (exact) mass is 698 g/mol. The van der Waals surface area contributed by atoms with Gasteiger partial charge in [0, 0.05) is 35.9 Å². The highest BCUT2D eigenvalue weighted by molar-refractivity contribution is 5.74. The van der Waals surface area contributed by atoms with Crippen molar-refractivity contribution in [1.82, 2.24) is 19.1 Å². The average molecular weight is 699 g/mol. The standard InChI is InChI=1S/C48H50N4O/c1-31(2)41-19-13-20-42(32(3)4)45(41)51-25-23-49-47(51)36-17-12-18-39(28-36)53-40-29-37(35-15-10-9-11-16-35)27-38(30-40)48-50-24-26-52(48)46-43(33(5)6)21-14-22-44(46)34(7)8/h9-34H,1-8H3. The van der Waals surface area contributed by atoms with Crippen molar-refractivity contribution >= 4 is 0 Å². The van der Waals surface area contributed by atoms with Crippen molar-refractivity contribution in [2.75, 3.05) is 0 Å². The quantitative estimate of drug-likeness (QED) is 0.135. The van der Waals surface area contributed by atoms with Crippen LogP contribution in [0.15, 0.2) is 134 Å². The smallest absolute Gasteiger partial charge is 0.144 e. The highest BCUT2D eigenvalue weighted by Crippen LogP contribution is 2.39. The van der Waals surface area contributed by atoms with Crippen LogP contribution in [0.25, 0.3) is 45.3 Å². The van der Waals surface area contributed by atoms with E-state index in [-0.39, 0.29) is 0 Å². The number of rotatable bonds is 11. The molecule has 7 rings (SSSR count). The molecule has 0 radical (unpaired) electrons. The lowest BCUT2D eigenvalue weighted by Crippen LogP contribution is -2.08. The third-order valence-electron chi connectivity index (χ3n) is 10.0. The summed E-state index contributed by atoms with van der Waals surface area (Å²) in [5, 5.41) is 0. The lowest BCUT2D eigenvalue weighted by atomic mass is 9.92. The molecule has 0 atom stereocenters. The molecule has 5 nitrogen and oxygen atoms in total. The van der Waals surface area contributed by atoms with Gasteiger partial charge in [0.2, 0.25) is 0 Å². The number of para-hydroxylation sites is 2. The van der Waals surface area contributed by atoms with E-state index in [0.29, 0.717) is 23.7 Å². The van der Waals surface area contributed by atoms with Crippen molar-refractivity contribution in [3.63, 3.8) is 0 Å². The minimum Gasteiger partial charge on any atom is -0.457 e. The summed E-state index contributed by atoms with van der Waals surface area (Å²) in [7, 11) is 0. The van der Waals surface area contributed by atoms with E-state index < -0.39 is 0 Å². The summed E-state index contributed by atoms with van der Waals surface area (Å²) in [6, 6.07) is 38.5. The van der Waals surface area contributed by atoms with Crippen LogP contribution in [0.2, 0.25) is 0 Å². The zero-order valence-corrected chi connectivity index (χ0v) is 32.2. The van der Waals surface area contributed by atoms with Crippen LogP contribution < -0.4 is 4.74 Å². The summed E-state index contributed by atoms with van der Waals surface area (Å²) in [6.45, 7) is 18.1. The zero-order valence-electron chi connectivity index (χ0n) is 32.2. The predicted octanol–water partition coefficient (Wildman–Crippen LogP) is 13.3. The SMILES string of the molecule is CC(C)c1cccc(C(C)C)c1-n1ccnc1-c1cccc(Oc2cc(-c3ccccc3)cc(-c3nccn3-c3c(C(C)C)cccc3C(C)C)c2)c1. The Kier molecular flexibility index (Phi) is 10.2. The van der Waals surface area contributed by atoms with Gasteiger partial charge in [-0.1, -0.05) is 134 Å². The van der Waals surface area contributed by atoms with Crippen LogP contribution in [-0.4, -0.2) is 19.1 Å². The fraction of sp³-hybridized carbons (Fsp3) is 0.250. The molecule has 0 aliphatic carbocycles. The lowest BCUT2D eigenvalue weighted by molar-refractivity contribution is 0.483. The molecule has 0 aliphatic heterocycles. The Balaban J connectivity index is 1.32. The second kappa shape index (κ2) is 15.1. The first-order valence-corrected chi connectivity index (χ1v) is 18.9. The molecule has 5 heteroatoms. The van der Waals surface area contributed by atoms with E-state index in [9.17, 15) is 0 Å². The van der Waals surface area contributed by atoms with Gasteiger partial charge in [-0.15, -0.1) is 0 Å². The van der Waals surface area contributed by atoms with Gasteiger partial charge in [-0.05, 0) is 87.4 Å². The molecule has 0 aliphatic rings. The van der Waals surface area contributed by atoms with E-state index in [1.54, 1.807) is 0 Å². The number of aromatic nitrogens is 4. The molecule has 0 saturated carbocycles. The molecule has 0 unspecified atom stereocenters. The van der Waals surface area contributed by atoms with Crippen molar-refractivity contribution < 1.29 is 4.74 Å². The van der Waals surface area contributed by atoms with E-state index in [1.165, 1.54) is 33.6 Å². The van der Waals surface area contributed by atoms with Gasteiger partial charge in [0.1, 0.15) is 23.1 Å². The molecular weight excluding hydrogens is 649 g/mol. The summed E-state index contributed by atoms with van der Waals surface area (Å²) in [6.07, 6.45) is 7.96. The fourth-order valence-corrected chi connectivity index (χ4v) is 7.39. The molecule has 53 heavy (non-hydrogen) atoms. The molecule has 0 bridgehead atoms. The van der Waals surface area contributed by atoms with E-state index in [1.807, 2.05) is 30.6 Å². The van der Waals surface area contributed by atoms with Crippen molar-refractivity contribution in [2.45, 2.75) is 79.1 Å². The normalized spacial score (nSPS) is 11.7. The number of ether oxygens (including phenoxy) is 1. The molecule has 0 amide bonds. The first-order valence-electron chi connectivity index (χ1n) is 18.9. The number of imidazole rings is 2. The van der Waals surface area contributed by atoms with Crippen molar-refractivity contribution in [3.05, 3.63) is 156 Å². The molecule has 0 N–H and O–H groups in total. The third-order valence-corrected chi connectivity index (χ3v) is 10.0. The van der Waals surface area contributed by atoms with Gasteiger partial charge in [-0.2, -0.15) is 0 Å². The Hall–Kier alpha value is -5.68. The molecule has 0 spiro atoms. The maximum Gasteiger partial charge on any atom is 0.144 e. The zero-order chi connectivity index (χ0) is 37.2. The predicted molar refractivity (Wildman–Crippen MR) is 220 cm³/mol. The van der Waals surface area contributed by atoms with Crippen LogP contribution in [0.3, 0.4) is 0 Å². The molecule has 2 aromatic heterocycles. The van der Waals surface area contributed by atoms with E-state index in [4.69, 9.17) is 14.7 Å². The van der Waals surface area contributed by atoms with Crippen molar-refractivity contribution in [1.29, 1.82) is 0 Å². The van der Waals surface area contributed by atoms with Crippen LogP contribution in [0, 0.1) is 0 Å². The third kappa shape index (κ3) is 7.21. The summed E-state index contributed by atoms with van der Waals surface area (Å²) >= 11 is 0. The first kappa shape index (κ1) is 35.7. The first-order chi connectivity index (χ1) is 25.6. The Morgan fingerprint density at radius 3 is 1.36 bits per heavy atom. The summed E-state index contributed by atoms with van der Waals surface area (Å²) < 4.78 is 11.3. The Labute approximate surface area is 315 Å². The number of hydrogen-bond acceptors (Lipinski definition) is 3. The maximum atomic E-state index is 6.78. The summed E-state index contributed by atoms with van der Waals surface area (Å²) in [5.41, 5.74) is 11.8. The molecular formula is C48H50N4O. The van der Waals surface area contributed by atoms with E-state index in [2.05, 4.69) is 168 Å². The topological polar surface area (TPSA) is 44.9 Å². The van der Waals surface area contributed by atoms with Crippen LogP contribution >= 0.6 is 0 Å². The number of hydrogen-bond donors (Lipinski definition) is 0. The molecule has 5 aromatic carbocycles. The second-order valence-electron chi connectivity index (χ2n) is 15.2. The average Bonchev–Trinajstić information content (AvgIpc) is 3.85. The Morgan fingerprint density at radius 1 is 0.415 bits per heavy atom. The van der Waals surface area contributed by atoms with Gasteiger partial charge >= 0.3 is 0 Å². The molecule has 2 heterocycles. The second-order valence-corrected chi connectivity index (χ2v) is 15.2. The Bertz CT molecular complexity index is 2290. The largest absolute Gasteiger partial charge is 0.457 e. The molecule has 0 saturated heterocycles. The molecule has 0 fully saturated rings. The van der Waals surface area contributed by atoms with Crippen LogP contribution in [-0.2, 0) is 0 Å². The van der Waals surface area contributed by atoms with Gasteiger partial charge in [-0.3, -0.25) is 9.13 Å². The van der Waals surface area contributed by atoms with Gasteiger partial charge in [0.15, 0.2) is 0 Å². The van der Waals surface area contributed by atoms with Crippen LogP contribution in [0.4, 0.5) is 0 Å². The maximum absolute atomic E-state index is 6.78. The van der Waals surface area contributed by atoms with Crippen molar-refractivity contribution in [2.24, 2.45) is 0 Å². The van der Waals surface area contributed by atoms with E-state index >= 15 is 0 Å². The summed E-state index contributed by atoms with van der Waals surface area (Å²) in [5.74, 6) is 4.69. The fourth-order valence-electron chi connectivity index (χ4n) is 7.39. The molecule has 268 valence electrons. The minimum atomic E-state index is 0.354.